The zero-order valence-corrected chi connectivity index (χ0v) is 17.7. The topological polar surface area (TPSA) is 83.8 Å². The van der Waals surface area contributed by atoms with Gasteiger partial charge in [-0.05, 0) is 31.1 Å². The van der Waals surface area contributed by atoms with E-state index < -0.39 is 42.0 Å². The highest BCUT2D eigenvalue weighted by Gasteiger charge is 2.39. The van der Waals surface area contributed by atoms with Crippen LogP contribution in [0.15, 0.2) is 0 Å². The van der Waals surface area contributed by atoms with Gasteiger partial charge < -0.3 is 14.9 Å². The summed E-state index contributed by atoms with van der Waals surface area (Å²) in [5.41, 5.74) is 0. The number of rotatable bonds is 0. The van der Waals surface area contributed by atoms with E-state index in [1.54, 1.807) is 20.8 Å². The van der Waals surface area contributed by atoms with Gasteiger partial charge in [-0.15, -0.1) is 6.42 Å². The predicted molar refractivity (Wildman–Crippen MR) is 104 cm³/mol. The second kappa shape index (κ2) is 9.71. The molecule has 0 radical (unpaired) electrons. The molecule has 5 nitrogen and oxygen atoms in total. The van der Waals surface area contributed by atoms with E-state index in [-0.39, 0.29) is 29.5 Å². The maximum Gasteiger partial charge on any atom is 0.312 e. The molecule has 0 aromatic heterocycles. The molecule has 0 aromatic carbocycles. The van der Waals surface area contributed by atoms with Crippen LogP contribution in [-0.4, -0.2) is 40.3 Å². The summed E-state index contributed by atoms with van der Waals surface area (Å²) in [6.45, 7) is 12.9. The van der Waals surface area contributed by atoms with Crippen molar-refractivity contribution >= 4 is 11.8 Å². The lowest BCUT2D eigenvalue weighted by atomic mass is 9.73. The third kappa shape index (κ3) is 5.33. The number of aliphatic hydroxyl groups excluding tert-OH is 2. The van der Waals surface area contributed by atoms with Crippen LogP contribution in [0.4, 0.5) is 0 Å². The number of cyclic esters (lactones) is 1. The number of esters is 1. The van der Waals surface area contributed by atoms with E-state index in [1.807, 2.05) is 20.8 Å². The van der Waals surface area contributed by atoms with Crippen molar-refractivity contribution < 1.29 is 24.5 Å². The van der Waals surface area contributed by atoms with Crippen LogP contribution in [-0.2, 0) is 14.3 Å². The van der Waals surface area contributed by atoms with Crippen molar-refractivity contribution in [1.29, 1.82) is 0 Å². The number of ketones is 1. The summed E-state index contributed by atoms with van der Waals surface area (Å²) in [5.74, 6) is -0.180. The normalized spacial score (nSPS) is 45.5. The minimum Gasteiger partial charge on any atom is -0.448 e. The fourth-order valence-electron chi connectivity index (χ4n) is 4.09. The van der Waals surface area contributed by atoms with Gasteiger partial charge in [-0.1, -0.05) is 47.5 Å². The minimum atomic E-state index is -1.01. The molecule has 1 heterocycles. The van der Waals surface area contributed by atoms with Crippen molar-refractivity contribution in [2.75, 3.05) is 0 Å². The van der Waals surface area contributed by atoms with E-state index >= 15 is 0 Å². The highest BCUT2D eigenvalue weighted by atomic mass is 16.5. The lowest BCUT2D eigenvalue weighted by Gasteiger charge is -2.35. The molecule has 0 saturated carbocycles. The quantitative estimate of drug-likeness (QED) is 0.499. The third-order valence-corrected chi connectivity index (χ3v) is 6.75. The Morgan fingerprint density at radius 1 is 0.889 bits per heavy atom. The Labute approximate surface area is 163 Å². The molecule has 154 valence electrons. The Kier molecular flexibility index (Phi) is 8.50. The van der Waals surface area contributed by atoms with Gasteiger partial charge in [0.2, 0.25) is 0 Å². The number of aliphatic hydroxyl groups is 2. The first-order chi connectivity index (χ1) is 12.4. The van der Waals surface area contributed by atoms with Crippen LogP contribution in [0.5, 0.6) is 0 Å². The number of Topliss-reactive ketones (excluding diaryl/α,β-unsaturated/α-hetero) is 1. The van der Waals surface area contributed by atoms with Gasteiger partial charge in [0.1, 0.15) is 5.78 Å². The molecule has 0 aliphatic carbocycles. The first kappa shape index (κ1) is 23.7. The summed E-state index contributed by atoms with van der Waals surface area (Å²) in [6, 6.07) is 0. The molecule has 10 unspecified atom stereocenters. The van der Waals surface area contributed by atoms with Gasteiger partial charge in [-0.25, -0.2) is 0 Å². The average Bonchev–Trinajstić information content (AvgIpc) is 2.66. The van der Waals surface area contributed by atoms with Crippen LogP contribution in [0.2, 0.25) is 0 Å². The molecule has 5 heteroatoms. The summed E-state index contributed by atoms with van der Waals surface area (Å²) in [4.78, 5) is 25.3. The molecule has 1 aliphatic heterocycles. The molecule has 0 bridgehead atoms. The number of ether oxygens (including phenoxy) is 1. The van der Waals surface area contributed by atoms with Crippen molar-refractivity contribution in [2.24, 2.45) is 41.4 Å². The van der Waals surface area contributed by atoms with Gasteiger partial charge in [-0.2, -0.15) is 0 Å². The largest absolute Gasteiger partial charge is 0.448 e. The maximum absolute atomic E-state index is 12.8. The molecule has 1 aliphatic rings. The van der Waals surface area contributed by atoms with Crippen LogP contribution >= 0.6 is 0 Å². The van der Waals surface area contributed by atoms with E-state index in [4.69, 9.17) is 11.2 Å². The lowest BCUT2D eigenvalue weighted by Crippen LogP contribution is -2.43. The summed E-state index contributed by atoms with van der Waals surface area (Å²) >= 11 is 0. The molecule has 2 N–H and O–H groups in total. The van der Waals surface area contributed by atoms with Crippen molar-refractivity contribution in [3.8, 4) is 12.3 Å². The molecule has 0 aromatic rings. The van der Waals surface area contributed by atoms with Crippen LogP contribution in [0.3, 0.4) is 0 Å². The monoisotopic (exact) mass is 380 g/mol. The second-order valence-corrected chi connectivity index (χ2v) is 8.68. The molecular weight excluding hydrogens is 344 g/mol. The first-order valence-electron chi connectivity index (χ1n) is 10.00. The van der Waals surface area contributed by atoms with E-state index in [9.17, 15) is 19.8 Å². The zero-order valence-electron chi connectivity index (χ0n) is 17.7. The Morgan fingerprint density at radius 3 is 1.93 bits per heavy atom. The van der Waals surface area contributed by atoms with Gasteiger partial charge in [0.15, 0.2) is 6.10 Å². The van der Waals surface area contributed by atoms with E-state index in [0.717, 1.165) is 0 Å². The van der Waals surface area contributed by atoms with Crippen LogP contribution in [0, 0.1) is 53.8 Å². The second-order valence-electron chi connectivity index (χ2n) is 8.68. The van der Waals surface area contributed by atoms with Crippen molar-refractivity contribution in [2.45, 2.75) is 73.2 Å². The summed E-state index contributed by atoms with van der Waals surface area (Å²) in [5, 5.41) is 21.3. The number of carbonyl (C=O) groups excluding carboxylic acids is 2. The predicted octanol–water partition coefficient (Wildman–Crippen LogP) is 2.68. The van der Waals surface area contributed by atoms with Crippen LogP contribution in [0.25, 0.3) is 0 Å². The summed E-state index contributed by atoms with van der Waals surface area (Å²) in [6.07, 6.45) is 3.35. The van der Waals surface area contributed by atoms with Gasteiger partial charge >= 0.3 is 5.97 Å². The molecule has 0 amide bonds. The molecule has 1 rings (SSSR count). The highest BCUT2D eigenvalue weighted by molar-refractivity contribution is 5.83. The standard InChI is InChI=1S/C22H36O5/c1-9-18-15(6)21(25)16(7)19(23)12(3)10-11(2)13(4)14(5)20(24)17(8)22(26)27-18/h1,11-18,20-21,24-25H,10H2,2-8H3. The Bertz CT molecular complexity index is 566. The van der Waals surface area contributed by atoms with Gasteiger partial charge in [0.05, 0.1) is 18.1 Å². The van der Waals surface area contributed by atoms with Gasteiger partial charge in [-0.3, -0.25) is 9.59 Å². The van der Waals surface area contributed by atoms with Gasteiger partial charge in [0.25, 0.3) is 0 Å². The SMILES string of the molecule is C#CC1OC(=O)C(C)C(O)C(C)C(C)C(C)CC(C)C(=O)C(C)C(O)C1C. The van der Waals surface area contributed by atoms with E-state index in [1.165, 1.54) is 0 Å². The van der Waals surface area contributed by atoms with Gasteiger partial charge in [0, 0.05) is 17.8 Å². The zero-order chi connectivity index (χ0) is 21.0. The molecule has 27 heavy (non-hydrogen) atoms. The average molecular weight is 381 g/mol. The molecule has 1 fully saturated rings. The number of hydrogen-bond acceptors (Lipinski definition) is 5. The fourth-order valence-corrected chi connectivity index (χ4v) is 4.09. The molecule has 10 atom stereocenters. The van der Waals surface area contributed by atoms with E-state index in [0.29, 0.717) is 6.42 Å². The summed E-state index contributed by atoms with van der Waals surface area (Å²) in [7, 11) is 0. The van der Waals surface area contributed by atoms with Crippen molar-refractivity contribution in [3.05, 3.63) is 0 Å². The Balaban J connectivity index is 3.25. The third-order valence-electron chi connectivity index (χ3n) is 6.75. The van der Waals surface area contributed by atoms with Crippen LogP contribution < -0.4 is 0 Å². The first-order valence-corrected chi connectivity index (χ1v) is 10.00. The maximum atomic E-state index is 12.8. The Morgan fingerprint density at radius 2 is 1.41 bits per heavy atom. The van der Waals surface area contributed by atoms with Crippen molar-refractivity contribution in [1.82, 2.24) is 0 Å². The fraction of sp³-hybridized carbons (Fsp3) is 0.818. The highest BCUT2D eigenvalue weighted by Crippen LogP contribution is 2.33. The molecular formula is C22H36O5. The Hall–Kier alpha value is -1.38. The smallest absolute Gasteiger partial charge is 0.312 e. The summed E-state index contributed by atoms with van der Waals surface area (Å²) < 4.78 is 5.42. The number of carbonyl (C=O) groups is 2. The lowest BCUT2D eigenvalue weighted by molar-refractivity contribution is -0.161. The molecule has 1 saturated heterocycles. The minimum absolute atomic E-state index is 0.0193. The van der Waals surface area contributed by atoms with E-state index in [2.05, 4.69) is 12.8 Å². The molecule has 0 spiro atoms. The van der Waals surface area contributed by atoms with Crippen LogP contribution in [0.1, 0.15) is 54.9 Å². The number of hydrogen-bond donors (Lipinski definition) is 2. The van der Waals surface area contributed by atoms with Crippen molar-refractivity contribution in [3.63, 3.8) is 0 Å². The number of terminal acetylenes is 1.